The normalized spacial score (nSPS) is 16.7. The molecule has 0 atom stereocenters. The molecule has 0 amide bonds. The van der Waals surface area contributed by atoms with Crippen LogP contribution in [-0.4, -0.2) is 22.8 Å². The lowest BCUT2D eigenvalue weighted by Crippen LogP contribution is -2.39. The quantitative estimate of drug-likeness (QED) is 0.563. The molecule has 90 valence electrons. The summed E-state index contributed by atoms with van der Waals surface area (Å²) in [5.74, 6) is -3.05. The average molecular weight is 237 g/mol. The highest BCUT2D eigenvalue weighted by Gasteiger charge is 2.36. The minimum absolute atomic E-state index is 0.00653. The summed E-state index contributed by atoms with van der Waals surface area (Å²) in [5, 5.41) is 9.03. The fraction of sp³-hybridized carbons (Fsp3) is 0.273. The van der Waals surface area contributed by atoms with Crippen LogP contribution in [0, 0.1) is 0 Å². The van der Waals surface area contributed by atoms with Crippen LogP contribution in [0.15, 0.2) is 12.1 Å². The van der Waals surface area contributed by atoms with Gasteiger partial charge in [-0.25, -0.2) is 9.59 Å². The third kappa shape index (κ3) is 1.89. The van der Waals surface area contributed by atoms with E-state index in [-0.39, 0.29) is 22.6 Å². The Morgan fingerprint density at radius 3 is 2.59 bits per heavy atom. The molecule has 1 aliphatic heterocycles. The number of rotatable bonds is 1. The molecule has 0 unspecified atom stereocenters. The number of cyclic esters (lactones) is 1. The number of nitrogens with two attached hydrogens (primary N) is 1. The number of hydrogen-bond acceptors (Lipinski definition) is 5. The lowest BCUT2D eigenvalue weighted by molar-refractivity contribution is -0.127. The SMILES string of the molecule is CC1(C)OC(=O)c2cc(N)cc(C(=O)O)c2O1. The monoisotopic (exact) mass is 237 g/mol. The summed E-state index contributed by atoms with van der Waals surface area (Å²) < 4.78 is 10.3. The van der Waals surface area contributed by atoms with Gasteiger partial charge in [0.25, 0.3) is 0 Å². The van der Waals surface area contributed by atoms with E-state index in [1.54, 1.807) is 0 Å². The number of benzene rings is 1. The summed E-state index contributed by atoms with van der Waals surface area (Å²) in [6.07, 6.45) is 0. The fourth-order valence-electron chi connectivity index (χ4n) is 1.62. The minimum atomic E-state index is -1.21. The van der Waals surface area contributed by atoms with Gasteiger partial charge in [-0.15, -0.1) is 0 Å². The van der Waals surface area contributed by atoms with Gasteiger partial charge < -0.3 is 20.3 Å². The van der Waals surface area contributed by atoms with Crippen molar-refractivity contribution in [2.24, 2.45) is 0 Å². The number of ether oxygens (including phenoxy) is 2. The molecule has 17 heavy (non-hydrogen) atoms. The summed E-state index contributed by atoms with van der Waals surface area (Å²) in [5.41, 5.74) is 5.57. The number of esters is 1. The Labute approximate surface area is 96.9 Å². The van der Waals surface area contributed by atoms with E-state index in [0.29, 0.717) is 0 Å². The van der Waals surface area contributed by atoms with Gasteiger partial charge in [-0.3, -0.25) is 0 Å². The first-order valence-electron chi connectivity index (χ1n) is 4.89. The van der Waals surface area contributed by atoms with Crippen molar-refractivity contribution in [3.8, 4) is 5.75 Å². The maximum Gasteiger partial charge on any atom is 0.345 e. The number of hydrogen-bond donors (Lipinski definition) is 2. The Balaban J connectivity index is 2.67. The van der Waals surface area contributed by atoms with Gasteiger partial charge in [0.2, 0.25) is 5.79 Å². The molecule has 0 fully saturated rings. The van der Waals surface area contributed by atoms with Crippen molar-refractivity contribution >= 4 is 17.6 Å². The van der Waals surface area contributed by atoms with E-state index in [0.717, 1.165) is 0 Å². The van der Waals surface area contributed by atoms with Gasteiger partial charge in [0, 0.05) is 19.5 Å². The van der Waals surface area contributed by atoms with Crippen molar-refractivity contribution in [2.45, 2.75) is 19.6 Å². The van der Waals surface area contributed by atoms with Crippen LogP contribution in [0.2, 0.25) is 0 Å². The highest BCUT2D eigenvalue weighted by Crippen LogP contribution is 2.35. The molecule has 1 aromatic carbocycles. The third-order valence-electron chi connectivity index (χ3n) is 2.25. The smallest absolute Gasteiger partial charge is 0.345 e. The maximum atomic E-state index is 11.7. The summed E-state index contributed by atoms with van der Waals surface area (Å²) in [6.45, 7) is 3.05. The topological polar surface area (TPSA) is 98.9 Å². The van der Waals surface area contributed by atoms with Crippen molar-refractivity contribution in [2.75, 3.05) is 5.73 Å². The number of nitrogen functional groups attached to an aromatic ring is 1. The van der Waals surface area contributed by atoms with Crippen molar-refractivity contribution in [3.05, 3.63) is 23.3 Å². The summed E-state index contributed by atoms with van der Waals surface area (Å²) >= 11 is 0. The molecule has 0 aliphatic carbocycles. The minimum Gasteiger partial charge on any atom is -0.478 e. The van der Waals surface area contributed by atoms with E-state index >= 15 is 0 Å². The molecule has 1 aliphatic rings. The zero-order valence-corrected chi connectivity index (χ0v) is 9.31. The lowest BCUT2D eigenvalue weighted by Gasteiger charge is -2.32. The van der Waals surface area contributed by atoms with Gasteiger partial charge in [0.1, 0.15) is 11.1 Å². The molecule has 2 rings (SSSR count). The second-order valence-electron chi connectivity index (χ2n) is 4.14. The Bertz CT molecular complexity index is 504. The molecule has 0 saturated carbocycles. The van der Waals surface area contributed by atoms with Crippen molar-refractivity contribution in [1.29, 1.82) is 0 Å². The Morgan fingerprint density at radius 2 is 2.00 bits per heavy atom. The zero-order valence-electron chi connectivity index (χ0n) is 9.31. The highest BCUT2D eigenvalue weighted by molar-refractivity contribution is 6.01. The van der Waals surface area contributed by atoms with Crippen LogP contribution < -0.4 is 10.5 Å². The molecule has 0 saturated heterocycles. The molecule has 1 aromatic rings. The summed E-state index contributed by atoms with van der Waals surface area (Å²) in [7, 11) is 0. The largest absolute Gasteiger partial charge is 0.478 e. The summed E-state index contributed by atoms with van der Waals surface area (Å²) in [4.78, 5) is 22.7. The van der Waals surface area contributed by atoms with Gasteiger partial charge in [0.15, 0.2) is 5.75 Å². The summed E-state index contributed by atoms with van der Waals surface area (Å²) in [6, 6.07) is 2.58. The molecule has 3 N–H and O–H groups in total. The van der Waals surface area contributed by atoms with Crippen LogP contribution >= 0.6 is 0 Å². The molecule has 0 radical (unpaired) electrons. The van der Waals surface area contributed by atoms with Gasteiger partial charge in [0.05, 0.1) is 0 Å². The van der Waals surface area contributed by atoms with E-state index in [1.807, 2.05) is 0 Å². The number of fused-ring (bicyclic) bond motifs is 1. The van der Waals surface area contributed by atoms with E-state index in [4.69, 9.17) is 20.3 Å². The number of carbonyl (C=O) groups is 2. The second kappa shape index (κ2) is 3.38. The van der Waals surface area contributed by atoms with E-state index in [1.165, 1.54) is 26.0 Å². The number of anilines is 1. The third-order valence-corrected chi connectivity index (χ3v) is 2.25. The first-order valence-corrected chi connectivity index (χ1v) is 4.89. The molecular weight excluding hydrogens is 226 g/mol. The number of carbonyl (C=O) groups excluding carboxylic acids is 1. The Morgan fingerprint density at radius 1 is 1.35 bits per heavy atom. The van der Waals surface area contributed by atoms with Crippen LogP contribution in [0.25, 0.3) is 0 Å². The first-order chi connectivity index (χ1) is 7.80. The molecular formula is C11H11NO5. The van der Waals surface area contributed by atoms with Crippen LogP contribution in [0.1, 0.15) is 34.6 Å². The lowest BCUT2D eigenvalue weighted by atomic mass is 10.1. The molecule has 0 spiro atoms. The molecule has 1 heterocycles. The van der Waals surface area contributed by atoms with Crippen molar-refractivity contribution in [3.63, 3.8) is 0 Å². The van der Waals surface area contributed by atoms with E-state index < -0.39 is 17.7 Å². The number of carboxylic acids is 1. The second-order valence-corrected chi connectivity index (χ2v) is 4.14. The van der Waals surface area contributed by atoms with Crippen LogP contribution in [0.5, 0.6) is 5.75 Å². The van der Waals surface area contributed by atoms with E-state index in [2.05, 4.69) is 0 Å². The number of aromatic carboxylic acids is 1. The zero-order chi connectivity index (χ0) is 12.8. The van der Waals surface area contributed by atoms with Gasteiger partial charge in [-0.1, -0.05) is 0 Å². The van der Waals surface area contributed by atoms with Crippen molar-refractivity contribution in [1.82, 2.24) is 0 Å². The highest BCUT2D eigenvalue weighted by atomic mass is 16.7. The van der Waals surface area contributed by atoms with Gasteiger partial charge in [-0.2, -0.15) is 0 Å². The Hall–Kier alpha value is -2.24. The van der Waals surface area contributed by atoms with Crippen molar-refractivity contribution < 1.29 is 24.2 Å². The van der Waals surface area contributed by atoms with Gasteiger partial charge >= 0.3 is 11.9 Å². The van der Waals surface area contributed by atoms with Gasteiger partial charge in [-0.05, 0) is 12.1 Å². The molecule has 6 heteroatoms. The Kier molecular flexibility index (Phi) is 2.23. The molecule has 0 bridgehead atoms. The predicted octanol–water partition coefficient (Wildman–Crippen LogP) is 1.25. The predicted molar refractivity (Wildman–Crippen MR) is 57.9 cm³/mol. The molecule has 0 aromatic heterocycles. The first kappa shape index (κ1) is 11.3. The standard InChI is InChI=1S/C11H11NO5/c1-11(2)16-8-6(9(13)14)3-5(12)4-7(8)10(15)17-11/h3-4H,12H2,1-2H3,(H,13,14). The van der Waals surface area contributed by atoms with Crippen LogP contribution in [0.4, 0.5) is 5.69 Å². The molecule has 6 nitrogen and oxygen atoms in total. The van der Waals surface area contributed by atoms with Crippen LogP contribution in [-0.2, 0) is 4.74 Å². The average Bonchev–Trinajstić information content (AvgIpc) is 2.17. The maximum absolute atomic E-state index is 11.7. The number of carboxylic acid groups (broad SMARTS) is 1. The fourth-order valence-corrected chi connectivity index (χ4v) is 1.62. The van der Waals surface area contributed by atoms with Crippen LogP contribution in [0.3, 0.4) is 0 Å². The van der Waals surface area contributed by atoms with E-state index in [9.17, 15) is 9.59 Å².